The molecule has 0 saturated carbocycles. The molecule has 0 aliphatic rings. The highest BCUT2D eigenvalue weighted by atomic mass is 32.1. The molecule has 3 aromatic rings. The Morgan fingerprint density at radius 3 is 2.94 bits per heavy atom. The van der Waals surface area contributed by atoms with Gasteiger partial charge in [0.2, 0.25) is 0 Å². The number of furan rings is 1. The molecule has 2 heterocycles. The van der Waals surface area contributed by atoms with Gasteiger partial charge >= 0.3 is 0 Å². The van der Waals surface area contributed by atoms with Crippen molar-refractivity contribution in [2.75, 3.05) is 0 Å². The molecule has 84 valence electrons. The monoisotopic (exact) mass is 242 g/mol. The molecule has 0 fully saturated rings. The summed E-state index contributed by atoms with van der Waals surface area (Å²) in [5, 5.41) is 1.04. The second-order valence-electron chi connectivity index (χ2n) is 3.90. The van der Waals surface area contributed by atoms with E-state index >= 15 is 0 Å². The van der Waals surface area contributed by atoms with Crippen LogP contribution in [0.15, 0.2) is 41.0 Å². The summed E-state index contributed by atoms with van der Waals surface area (Å²) in [5.74, 6) is 0.750. The van der Waals surface area contributed by atoms with Crippen molar-refractivity contribution >= 4 is 23.2 Å². The highest BCUT2D eigenvalue weighted by Gasteiger charge is 2.09. The van der Waals surface area contributed by atoms with E-state index < -0.39 is 0 Å². The summed E-state index contributed by atoms with van der Waals surface area (Å²) in [5.41, 5.74) is 2.78. The predicted octanol–water partition coefficient (Wildman–Crippen LogP) is 3.86. The minimum absolute atomic E-state index is 0.585. The van der Waals surface area contributed by atoms with Gasteiger partial charge in [0.1, 0.15) is 22.3 Å². The van der Waals surface area contributed by atoms with E-state index in [9.17, 15) is 0 Å². The van der Waals surface area contributed by atoms with E-state index in [4.69, 9.17) is 16.6 Å². The number of nitrogens with zero attached hydrogens (tertiary/aromatic N) is 1. The van der Waals surface area contributed by atoms with Crippen LogP contribution in [0.4, 0.5) is 0 Å². The van der Waals surface area contributed by atoms with Gasteiger partial charge in [-0.1, -0.05) is 30.4 Å². The third-order valence-electron chi connectivity index (χ3n) is 2.61. The molecular weight excluding hydrogens is 232 g/mol. The molecule has 2 aromatic heterocycles. The number of aromatic amines is 1. The fraction of sp³-hybridized carbons (Fsp3) is 0.0769. The van der Waals surface area contributed by atoms with Gasteiger partial charge < -0.3 is 9.40 Å². The summed E-state index contributed by atoms with van der Waals surface area (Å²) in [7, 11) is 0. The first-order valence-corrected chi connectivity index (χ1v) is 5.69. The highest BCUT2D eigenvalue weighted by molar-refractivity contribution is 7.71. The molecule has 1 N–H and O–H groups in total. The van der Waals surface area contributed by atoms with Gasteiger partial charge in [0.25, 0.3) is 0 Å². The molecule has 1 aromatic carbocycles. The Morgan fingerprint density at radius 2 is 2.12 bits per heavy atom. The van der Waals surface area contributed by atoms with Crippen molar-refractivity contribution < 1.29 is 4.42 Å². The predicted molar refractivity (Wildman–Crippen MR) is 69.4 cm³/mol. The van der Waals surface area contributed by atoms with Crippen LogP contribution in [0, 0.1) is 11.6 Å². The first kappa shape index (κ1) is 10.2. The van der Waals surface area contributed by atoms with Crippen LogP contribution < -0.4 is 0 Å². The van der Waals surface area contributed by atoms with Gasteiger partial charge in [0, 0.05) is 11.1 Å². The van der Waals surface area contributed by atoms with Crippen LogP contribution in [0.5, 0.6) is 0 Å². The Hall–Kier alpha value is -1.94. The topological polar surface area (TPSA) is 41.8 Å². The highest BCUT2D eigenvalue weighted by Crippen LogP contribution is 2.27. The molecule has 0 aliphatic heterocycles. The van der Waals surface area contributed by atoms with Crippen LogP contribution in [0.25, 0.3) is 22.4 Å². The minimum atomic E-state index is 0.585. The first-order chi connectivity index (χ1) is 8.24. The Morgan fingerprint density at radius 1 is 1.29 bits per heavy atom. The number of para-hydroxylation sites is 1. The van der Waals surface area contributed by atoms with E-state index in [0.717, 1.165) is 28.1 Å². The molecule has 0 radical (unpaired) electrons. The quantitative estimate of drug-likeness (QED) is 0.659. The van der Waals surface area contributed by atoms with Gasteiger partial charge in [-0.05, 0) is 19.1 Å². The lowest BCUT2D eigenvalue weighted by Crippen LogP contribution is -1.90. The number of aryl methyl sites for hydroxylation is 1. The fourth-order valence-corrected chi connectivity index (χ4v) is 2.14. The molecule has 0 bridgehead atoms. The van der Waals surface area contributed by atoms with E-state index in [1.165, 1.54) is 0 Å². The SMILES string of the molecule is Cc1cc(=S)nc(-c2coc3ccccc23)[nH]1. The third kappa shape index (κ3) is 1.76. The maximum Gasteiger partial charge on any atom is 0.143 e. The zero-order valence-corrected chi connectivity index (χ0v) is 10.0. The maximum absolute atomic E-state index is 5.49. The lowest BCUT2D eigenvalue weighted by Gasteiger charge is -2.00. The number of hydrogen-bond donors (Lipinski definition) is 1. The van der Waals surface area contributed by atoms with Gasteiger partial charge in [0.15, 0.2) is 0 Å². The molecule has 17 heavy (non-hydrogen) atoms. The van der Waals surface area contributed by atoms with Crippen LogP contribution in [0.3, 0.4) is 0 Å². The van der Waals surface area contributed by atoms with Gasteiger partial charge in [-0.3, -0.25) is 0 Å². The van der Waals surface area contributed by atoms with Crippen molar-refractivity contribution in [1.29, 1.82) is 0 Å². The number of H-pyrrole nitrogens is 1. The molecule has 3 nitrogen and oxygen atoms in total. The average molecular weight is 242 g/mol. The zero-order chi connectivity index (χ0) is 11.8. The van der Waals surface area contributed by atoms with Crippen LogP contribution in [0.2, 0.25) is 0 Å². The number of aromatic nitrogens is 2. The number of hydrogen-bond acceptors (Lipinski definition) is 3. The second kappa shape index (κ2) is 3.82. The third-order valence-corrected chi connectivity index (χ3v) is 2.82. The number of benzene rings is 1. The number of rotatable bonds is 1. The van der Waals surface area contributed by atoms with E-state index in [2.05, 4.69) is 9.97 Å². The van der Waals surface area contributed by atoms with Crippen molar-refractivity contribution in [3.8, 4) is 11.4 Å². The Bertz CT molecular complexity index is 742. The minimum Gasteiger partial charge on any atom is -0.464 e. The van der Waals surface area contributed by atoms with Crippen LogP contribution >= 0.6 is 12.2 Å². The average Bonchev–Trinajstić information content (AvgIpc) is 2.71. The van der Waals surface area contributed by atoms with Gasteiger partial charge in [0.05, 0.1) is 5.56 Å². The number of fused-ring (bicyclic) bond motifs is 1. The fourth-order valence-electron chi connectivity index (χ4n) is 1.87. The normalized spacial score (nSPS) is 10.9. The number of nitrogens with one attached hydrogen (secondary N) is 1. The molecule has 4 heteroatoms. The molecule has 0 saturated heterocycles. The van der Waals surface area contributed by atoms with Gasteiger partial charge in [-0.2, -0.15) is 0 Å². The van der Waals surface area contributed by atoms with Crippen LogP contribution in [-0.2, 0) is 0 Å². The maximum atomic E-state index is 5.49. The molecule has 0 unspecified atom stereocenters. The molecule has 0 atom stereocenters. The van der Waals surface area contributed by atoms with E-state index in [0.29, 0.717) is 4.64 Å². The first-order valence-electron chi connectivity index (χ1n) is 5.28. The molecule has 0 aliphatic carbocycles. The van der Waals surface area contributed by atoms with Crippen molar-refractivity contribution in [3.05, 3.63) is 46.9 Å². The van der Waals surface area contributed by atoms with Crippen molar-refractivity contribution in [2.24, 2.45) is 0 Å². The zero-order valence-electron chi connectivity index (χ0n) is 9.23. The molecule has 0 spiro atoms. The molecule has 3 rings (SSSR count). The molecular formula is C13H10N2OS. The summed E-state index contributed by atoms with van der Waals surface area (Å²) >= 11 is 5.12. The van der Waals surface area contributed by atoms with Gasteiger partial charge in [-0.25, -0.2) is 4.98 Å². The van der Waals surface area contributed by atoms with Crippen molar-refractivity contribution in [2.45, 2.75) is 6.92 Å². The largest absolute Gasteiger partial charge is 0.464 e. The summed E-state index contributed by atoms with van der Waals surface area (Å²) in [6, 6.07) is 9.70. The Kier molecular flexibility index (Phi) is 2.30. The van der Waals surface area contributed by atoms with Gasteiger partial charge in [-0.15, -0.1) is 0 Å². The lowest BCUT2D eigenvalue weighted by atomic mass is 10.1. The van der Waals surface area contributed by atoms with E-state index in [-0.39, 0.29) is 0 Å². The molecule has 0 amide bonds. The Labute approximate surface area is 103 Å². The summed E-state index contributed by atoms with van der Waals surface area (Å²) in [6.45, 7) is 1.96. The van der Waals surface area contributed by atoms with E-state index in [1.807, 2.05) is 37.3 Å². The van der Waals surface area contributed by atoms with Crippen LogP contribution in [-0.4, -0.2) is 9.97 Å². The van der Waals surface area contributed by atoms with E-state index in [1.54, 1.807) is 6.26 Å². The second-order valence-corrected chi connectivity index (χ2v) is 4.31. The smallest absolute Gasteiger partial charge is 0.143 e. The van der Waals surface area contributed by atoms with Crippen molar-refractivity contribution in [1.82, 2.24) is 9.97 Å². The lowest BCUT2D eigenvalue weighted by molar-refractivity contribution is 0.616. The summed E-state index contributed by atoms with van der Waals surface area (Å²) in [6.07, 6.45) is 1.71. The standard InChI is InChI=1S/C13H10N2OS/c1-8-6-12(17)15-13(14-8)10-7-16-11-5-3-2-4-9(10)11/h2-7H,1H3,(H,14,15,17). The van der Waals surface area contributed by atoms with Crippen molar-refractivity contribution in [3.63, 3.8) is 0 Å². The van der Waals surface area contributed by atoms with Crippen LogP contribution in [0.1, 0.15) is 5.69 Å². The Balaban J connectivity index is 2.30. The summed E-state index contributed by atoms with van der Waals surface area (Å²) < 4.78 is 6.07. The summed E-state index contributed by atoms with van der Waals surface area (Å²) in [4.78, 5) is 7.53.